The van der Waals surface area contributed by atoms with Crippen molar-refractivity contribution in [2.75, 3.05) is 40.6 Å². The number of nitrogens with zero attached hydrogens (tertiary/aromatic N) is 2. The Kier molecular flexibility index (Phi) is 13.9. The van der Waals surface area contributed by atoms with Gasteiger partial charge in [0, 0.05) is 44.6 Å². The van der Waals surface area contributed by atoms with Crippen molar-refractivity contribution >= 4 is 11.8 Å². The molecule has 1 saturated heterocycles. The van der Waals surface area contributed by atoms with E-state index in [0.29, 0.717) is 42.4 Å². The number of allylic oxidation sites excluding steroid dienone is 1. The summed E-state index contributed by atoms with van der Waals surface area (Å²) in [6, 6.07) is 23.6. The molecule has 310 valence electrons. The van der Waals surface area contributed by atoms with Gasteiger partial charge in [-0.3, -0.25) is 0 Å². The third-order valence-electron chi connectivity index (χ3n) is 12.2. The van der Waals surface area contributed by atoms with Crippen molar-refractivity contribution in [3.05, 3.63) is 103 Å². The lowest BCUT2D eigenvalue weighted by Crippen LogP contribution is -2.69. The van der Waals surface area contributed by atoms with Gasteiger partial charge in [-0.1, -0.05) is 72.6 Å². The molecule has 1 unspecified atom stereocenters. The van der Waals surface area contributed by atoms with Crippen molar-refractivity contribution in [2.45, 2.75) is 88.2 Å². The number of unbranched alkanes of at least 4 members (excludes halogenated alkanes) is 2. The first-order chi connectivity index (χ1) is 28.4. The number of rotatable bonds is 17. The first-order valence-corrected chi connectivity index (χ1v) is 20.9. The number of hydrogen-bond acceptors (Lipinski definition) is 10. The van der Waals surface area contributed by atoms with Gasteiger partial charge in [-0.05, 0) is 97.4 Å². The first-order valence-electron chi connectivity index (χ1n) is 20.9. The van der Waals surface area contributed by atoms with Gasteiger partial charge >= 0.3 is 6.09 Å². The number of carbonyl (C=O) groups is 1. The summed E-state index contributed by atoms with van der Waals surface area (Å²) in [5, 5.41) is 24.6. The van der Waals surface area contributed by atoms with E-state index in [1.807, 2.05) is 42.5 Å². The second-order valence-corrected chi connectivity index (χ2v) is 15.7. The molecule has 0 radical (unpaired) electrons. The maximum absolute atomic E-state index is 13.5. The van der Waals surface area contributed by atoms with Crippen LogP contribution in [0, 0.1) is 17.8 Å². The lowest BCUT2D eigenvalue weighted by atomic mass is 9.55. The number of ether oxygens (including phenoxy) is 5. The van der Waals surface area contributed by atoms with Crippen LogP contribution in [0.2, 0.25) is 0 Å². The molecule has 7 rings (SSSR count). The molecule has 0 bridgehead atoms. The monoisotopic (exact) mass is 794 g/mol. The summed E-state index contributed by atoms with van der Waals surface area (Å²) in [6.45, 7) is 5.00. The fraction of sp³-hybridized carbons (Fsp3) is 0.489. The Balaban J connectivity index is 1.37. The summed E-state index contributed by atoms with van der Waals surface area (Å²) in [5.74, 6) is 0.235. The largest absolute Gasteiger partial charge is 0.459 e. The average Bonchev–Trinajstić information content (AvgIpc) is 3.26. The number of oxime groups is 1. The molecule has 1 amide bonds. The Bertz CT molecular complexity index is 1890. The number of amides is 1. The molecule has 2 heterocycles. The molecule has 58 heavy (non-hydrogen) atoms. The van der Waals surface area contributed by atoms with Crippen molar-refractivity contribution in [3.8, 4) is 28.4 Å². The quantitative estimate of drug-likeness (QED) is 0.0782. The van der Waals surface area contributed by atoms with Gasteiger partial charge < -0.3 is 43.6 Å². The van der Waals surface area contributed by atoms with Gasteiger partial charge in [-0.25, -0.2) is 4.79 Å². The lowest BCUT2D eigenvalue weighted by molar-refractivity contribution is -0.253. The van der Waals surface area contributed by atoms with Crippen molar-refractivity contribution in [3.63, 3.8) is 0 Å². The van der Waals surface area contributed by atoms with Crippen LogP contribution in [0.15, 0.2) is 102 Å². The Hall–Kier alpha value is -4.68. The SMILES string of the molecule is C=CCO[C@@]12Oc3ccc(Oc4ccc(-c5ccccc5)cc4)cc3[C@H]3[C@H](CCCCO)[C@@H](CCCCO)C=C(C(=NOC4CCCCO4)C[C@@H]1N(C)C(=O)OC)[C@H]32. The highest BCUT2D eigenvalue weighted by molar-refractivity contribution is 6.03. The summed E-state index contributed by atoms with van der Waals surface area (Å²) in [5.41, 5.74) is 4.88. The van der Waals surface area contributed by atoms with Crippen LogP contribution in [0.25, 0.3) is 11.1 Å². The molecule has 3 aromatic carbocycles. The van der Waals surface area contributed by atoms with Crippen LogP contribution in [-0.2, 0) is 19.0 Å². The zero-order valence-corrected chi connectivity index (χ0v) is 33.8. The summed E-state index contributed by atoms with van der Waals surface area (Å²) in [4.78, 5) is 21.2. The van der Waals surface area contributed by atoms with E-state index in [1.165, 1.54) is 7.11 Å². The minimum atomic E-state index is -1.36. The molecule has 11 heteroatoms. The third-order valence-corrected chi connectivity index (χ3v) is 12.2. The molecule has 2 aliphatic heterocycles. The third kappa shape index (κ3) is 8.83. The van der Waals surface area contributed by atoms with E-state index < -0.39 is 30.1 Å². The number of fused-ring (bicyclic) bond motifs is 2. The molecule has 3 aromatic rings. The van der Waals surface area contributed by atoms with E-state index in [4.69, 9.17) is 33.7 Å². The standard InChI is InChI=1S/C47H58N2O9/c1-4-27-55-47-42(49(2)46(52)53-3)31-40(48-58-43-18-10-13-28-54-43)38-29-34(16-8-11-25-50)37(17-9-12-26-51)44(45(38)47)39-30-36(23-24-41(39)57-47)56-35-21-19-33(20-22-35)32-14-6-5-7-15-32/h4-7,14-15,19-24,29-30,34,37,42-45,50-51H,1,8-13,16-18,25-28,31H2,2-3H3/t34-,37+,42-,43?,44+,45+,47+/m0/s1. The molecule has 11 nitrogen and oxygen atoms in total. The van der Waals surface area contributed by atoms with Gasteiger partial charge in [0.25, 0.3) is 0 Å². The van der Waals surface area contributed by atoms with Gasteiger partial charge in [0.15, 0.2) is 0 Å². The predicted molar refractivity (Wildman–Crippen MR) is 222 cm³/mol. The number of aliphatic hydroxyl groups is 2. The number of likely N-dealkylation sites (N-methyl/N-ethyl adjacent to an activating group) is 1. The molecule has 7 atom stereocenters. The second kappa shape index (κ2) is 19.4. The number of benzene rings is 3. The Morgan fingerprint density at radius 2 is 1.71 bits per heavy atom. The Morgan fingerprint density at radius 3 is 2.41 bits per heavy atom. The zero-order chi connectivity index (χ0) is 40.5. The maximum atomic E-state index is 13.5. The van der Waals surface area contributed by atoms with Crippen LogP contribution in [0.5, 0.6) is 17.2 Å². The fourth-order valence-corrected chi connectivity index (χ4v) is 9.46. The van der Waals surface area contributed by atoms with Gasteiger partial charge in [-0.15, -0.1) is 6.58 Å². The van der Waals surface area contributed by atoms with Crippen LogP contribution in [0.3, 0.4) is 0 Å². The maximum Gasteiger partial charge on any atom is 0.409 e. The minimum Gasteiger partial charge on any atom is -0.459 e. The van der Waals surface area contributed by atoms with Crippen LogP contribution >= 0.6 is 0 Å². The summed E-state index contributed by atoms with van der Waals surface area (Å²) < 4.78 is 31.9. The Morgan fingerprint density at radius 1 is 0.966 bits per heavy atom. The van der Waals surface area contributed by atoms with E-state index in [2.05, 4.69) is 43.0 Å². The van der Waals surface area contributed by atoms with Gasteiger partial charge in [-0.2, -0.15) is 0 Å². The number of hydrogen-bond donors (Lipinski definition) is 2. The fourth-order valence-electron chi connectivity index (χ4n) is 9.46. The molecule has 2 N–H and O–H groups in total. The minimum absolute atomic E-state index is 0.0831. The van der Waals surface area contributed by atoms with E-state index in [0.717, 1.165) is 67.2 Å². The average molecular weight is 795 g/mol. The topological polar surface area (TPSA) is 129 Å². The highest BCUT2D eigenvalue weighted by atomic mass is 16.8. The molecule has 0 aromatic heterocycles. The molecular weight excluding hydrogens is 737 g/mol. The van der Waals surface area contributed by atoms with E-state index in [-0.39, 0.29) is 44.0 Å². The molecule has 1 saturated carbocycles. The normalized spacial score (nSPS) is 26.7. The summed E-state index contributed by atoms with van der Waals surface area (Å²) in [7, 11) is 3.08. The van der Waals surface area contributed by atoms with Crippen molar-refractivity contribution < 1.29 is 43.5 Å². The summed E-state index contributed by atoms with van der Waals surface area (Å²) >= 11 is 0. The Labute approximate surface area is 342 Å². The zero-order valence-electron chi connectivity index (χ0n) is 33.8. The highest BCUT2D eigenvalue weighted by Gasteiger charge is 2.65. The molecule has 2 fully saturated rings. The lowest BCUT2D eigenvalue weighted by Gasteiger charge is -2.59. The number of methoxy groups -OCH3 is 1. The first kappa shape index (κ1) is 41.5. The van der Waals surface area contributed by atoms with Crippen molar-refractivity contribution in [1.82, 2.24) is 4.90 Å². The number of aliphatic hydroxyl groups excluding tert-OH is 2. The predicted octanol–water partition coefficient (Wildman–Crippen LogP) is 9.00. The number of carbonyl (C=O) groups excluding carboxylic acids is 1. The highest BCUT2D eigenvalue weighted by Crippen LogP contribution is 2.62. The molecule has 0 spiro atoms. The van der Waals surface area contributed by atoms with Crippen LogP contribution in [0.4, 0.5) is 4.79 Å². The van der Waals surface area contributed by atoms with Crippen molar-refractivity contribution in [1.29, 1.82) is 0 Å². The van der Waals surface area contributed by atoms with E-state index in [1.54, 1.807) is 18.0 Å². The van der Waals surface area contributed by atoms with Crippen LogP contribution in [0.1, 0.15) is 75.7 Å². The van der Waals surface area contributed by atoms with Gasteiger partial charge in [0.2, 0.25) is 12.1 Å². The smallest absolute Gasteiger partial charge is 0.409 e. The molecule has 4 aliphatic rings. The van der Waals surface area contributed by atoms with Crippen molar-refractivity contribution in [2.24, 2.45) is 22.9 Å². The van der Waals surface area contributed by atoms with E-state index >= 15 is 0 Å². The molecular formula is C47H58N2O9. The van der Waals surface area contributed by atoms with Crippen LogP contribution < -0.4 is 9.47 Å². The van der Waals surface area contributed by atoms with Gasteiger partial charge in [0.05, 0.1) is 32.0 Å². The summed E-state index contributed by atoms with van der Waals surface area (Å²) in [6.07, 6.45) is 10.7. The van der Waals surface area contributed by atoms with E-state index in [9.17, 15) is 15.0 Å². The second-order valence-electron chi connectivity index (χ2n) is 15.7. The van der Waals surface area contributed by atoms with Crippen LogP contribution in [-0.4, -0.2) is 85.6 Å². The van der Waals surface area contributed by atoms with Gasteiger partial charge in [0.1, 0.15) is 23.3 Å². The molecule has 2 aliphatic carbocycles.